The quantitative estimate of drug-likeness (QED) is 0.0273. The van der Waals surface area contributed by atoms with Crippen molar-refractivity contribution in [2.45, 2.75) is 225 Å². The number of phosphoric acid groups is 1. The minimum Gasteiger partial charge on any atom is -0.457 e. The number of esters is 1. The summed E-state index contributed by atoms with van der Waals surface area (Å²) < 4.78 is 33.4. The van der Waals surface area contributed by atoms with E-state index in [2.05, 4.69) is 26.0 Å². The van der Waals surface area contributed by atoms with E-state index in [-0.39, 0.29) is 32.3 Å². The lowest BCUT2D eigenvalue weighted by molar-refractivity contribution is -0.154. The molecule has 310 valence electrons. The monoisotopic (exact) mass is 760 g/mol. The van der Waals surface area contributed by atoms with E-state index in [1.165, 1.54) is 167 Å². The second-order valence-corrected chi connectivity index (χ2v) is 16.4. The van der Waals surface area contributed by atoms with Crippen molar-refractivity contribution in [2.24, 2.45) is 5.73 Å². The second-order valence-electron chi connectivity index (χ2n) is 14.9. The molecule has 0 aromatic carbocycles. The zero-order chi connectivity index (χ0) is 38.1. The molecule has 0 aliphatic heterocycles. The summed E-state index contributed by atoms with van der Waals surface area (Å²) in [5.41, 5.74) is 5.37. The molecule has 0 saturated carbocycles. The molecule has 9 heteroatoms. The molecule has 52 heavy (non-hydrogen) atoms. The Kier molecular flexibility index (Phi) is 40.8. The van der Waals surface area contributed by atoms with Crippen molar-refractivity contribution < 1.29 is 32.8 Å². The van der Waals surface area contributed by atoms with Crippen LogP contribution >= 0.6 is 7.82 Å². The highest BCUT2D eigenvalue weighted by molar-refractivity contribution is 7.47. The summed E-state index contributed by atoms with van der Waals surface area (Å²) in [5, 5.41) is 0. The molecule has 0 fully saturated rings. The lowest BCUT2D eigenvalue weighted by Crippen LogP contribution is -2.28. The van der Waals surface area contributed by atoms with E-state index in [1.807, 2.05) is 0 Å². The molecule has 0 aliphatic rings. The number of allylic oxidation sites excluding steroid dienone is 2. The summed E-state index contributed by atoms with van der Waals surface area (Å²) in [4.78, 5) is 22.5. The molecule has 0 heterocycles. The van der Waals surface area contributed by atoms with Gasteiger partial charge in [-0.15, -0.1) is 0 Å². The van der Waals surface area contributed by atoms with E-state index in [4.69, 9.17) is 24.3 Å². The third-order valence-electron chi connectivity index (χ3n) is 9.68. The van der Waals surface area contributed by atoms with Crippen molar-refractivity contribution in [1.82, 2.24) is 0 Å². The SMILES string of the molecule is CCCCCC/C=C\CCCCCCCCOCC(COP(=O)(O)OCCN)OC(=O)CCCCCCCCCCCCCCCCCCCCC. The van der Waals surface area contributed by atoms with Crippen LogP contribution in [0.2, 0.25) is 0 Å². The predicted octanol–water partition coefficient (Wildman–Crippen LogP) is 13.1. The van der Waals surface area contributed by atoms with Gasteiger partial charge in [-0.05, 0) is 38.5 Å². The normalized spacial score (nSPS) is 13.5. The lowest BCUT2D eigenvalue weighted by Gasteiger charge is -2.20. The van der Waals surface area contributed by atoms with Crippen LogP contribution in [0, 0.1) is 0 Å². The van der Waals surface area contributed by atoms with Gasteiger partial charge in [0.2, 0.25) is 0 Å². The fraction of sp³-hybridized carbons (Fsp3) is 0.930. The molecule has 0 rings (SSSR count). The van der Waals surface area contributed by atoms with Gasteiger partial charge >= 0.3 is 13.8 Å². The molecule has 0 bridgehead atoms. The minimum absolute atomic E-state index is 0.0933. The van der Waals surface area contributed by atoms with Crippen LogP contribution in [0.3, 0.4) is 0 Å². The molecule has 0 radical (unpaired) electrons. The molecule has 2 unspecified atom stereocenters. The third-order valence-corrected chi connectivity index (χ3v) is 10.7. The number of nitrogens with two attached hydrogens (primary N) is 1. The Morgan fingerprint density at radius 3 is 1.42 bits per heavy atom. The molecule has 0 saturated heterocycles. The van der Waals surface area contributed by atoms with Gasteiger partial charge in [0.1, 0.15) is 6.10 Å². The van der Waals surface area contributed by atoms with Gasteiger partial charge in [-0.3, -0.25) is 13.8 Å². The van der Waals surface area contributed by atoms with Crippen molar-refractivity contribution >= 4 is 13.8 Å². The molecule has 0 aromatic heterocycles. The Bertz CT molecular complexity index is 812. The Balaban J connectivity index is 3.97. The molecule has 0 amide bonds. The highest BCUT2D eigenvalue weighted by Gasteiger charge is 2.25. The predicted molar refractivity (Wildman–Crippen MR) is 220 cm³/mol. The maximum Gasteiger partial charge on any atom is 0.472 e. The molecule has 0 spiro atoms. The van der Waals surface area contributed by atoms with Crippen molar-refractivity contribution in [2.75, 3.05) is 33.0 Å². The number of carbonyl (C=O) groups is 1. The number of rotatable bonds is 43. The van der Waals surface area contributed by atoms with Crippen LogP contribution in [0.1, 0.15) is 219 Å². The summed E-state index contributed by atoms with van der Waals surface area (Å²) >= 11 is 0. The summed E-state index contributed by atoms with van der Waals surface area (Å²) in [6, 6.07) is 0. The van der Waals surface area contributed by atoms with Crippen LogP contribution < -0.4 is 5.73 Å². The van der Waals surface area contributed by atoms with E-state index in [0.717, 1.165) is 32.1 Å². The topological polar surface area (TPSA) is 117 Å². The first kappa shape index (κ1) is 51.2. The first-order chi connectivity index (χ1) is 25.4. The minimum atomic E-state index is -4.27. The summed E-state index contributed by atoms with van der Waals surface area (Å²) in [6.45, 7) is 4.94. The Morgan fingerprint density at radius 1 is 0.558 bits per heavy atom. The summed E-state index contributed by atoms with van der Waals surface area (Å²) in [5.74, 6) is -0.328. The van der Waals surface area contributed by atoms with Crippen LogP contribution in [0.4, 0.5) is 0 Å². The van der Waals surface area contributed by atoms with Gasteiger partial charge in [0.25, 0.3) is 0 Å². The first-order valence-electron chi connectivity index (χ1n) is 22.2. The van der Waals surface area contributed by atoms with E-state index in [1.54, 1.807) is 0 Å². The number of hydrogen-bond acceptors (Lipinski definition) is 7. The van der Waals surface area contributed by atoms with Gasteiger partial charge in [0.15, 0.2) is 0 Å². The number of carbonyl (C=O) groups excluding carboxylic acids is 1. The average molecular weight is 760 g/mol. The molecule has 0 aromatic rings. The fourth-order valence-corrected chi connectivity index (χ4v) is 7.17. The molecule has 8 nitrogen and oxygen atoms in total. The summed E-state index contributed by atoms with van der Waals surface area (Å²) in [7, 11) is -4.27. The van der Waals surface area contributed by atoms with E-state index >= 15 is 0 Å². The Hall–Kier alpha value is -0.760. The van der Waals surface area contributed by atoms with Crippen LogP contribution in [0.25, 0.3) is 0 Å². The van der Waals surface area contributed by atoms with Gasteiger partial charge in [0, 0.05) is 19.6 Å². The van der Waals surface area contributed by atoms with Crippen LogP contribution in [0.5, 0.6) is 0 Å². The van der Waals surface area contributed by atoms with Crippen molar-refractivity contribution in [1.29, 1.82) is 0 Å². The standard InChI is InChI=1S/C43H86NO7P/c1-3-5-7-9-11-13-15-17-19-20-21-22-23-24-26-28-30-32-34-36-43(45)51-42(41-50-52(46,47)49-39-37-44)40-48-38-35-33-31-29-27-25-18-16-14-12-10-8-6-4-2/h14,16,42H,3-13,15,17-41,44H2,1-2H3,(H,46,47)/b16-14-. The largest absolute Gasteiger partial charge is 0.472 e. The van der Waals surface area contributed by atoms with Gasteiger partial charge in [-0.25, -0.2) is 4.57 Å². The van der Waals surface area contributed by atoms with Crippen LogP contribution in [0.15, 0.2) is 12.2 Å². The fourth-order valence-electron chi connectivity index (χ4n) is 6.40. The highest BCUT2D eigenvalue weighted by atomic mass is 31.2. The molecular weight excluding hydrogens is 673 g/mol. The maximum atomic E-state index is 12.6. The number of hydrogen-bond donors (Lipinski definition) is 2. The van der Waals surface area contributed by atoms with Crippen molar-refractivity contribution in [3.63, 3.8) is 0 Å². The van der Waals surface area contributed by atoms with Crippen LogP contribution in [-0.4, -0.2) is 49.9 Å². The molecule has 3 N–H and O–H groups in total. The lowest BCUT2D eigenvalue weighted by atomic mass is 10.0. The zero-order valence-corrected chi connectivity index (χ0v) is 35.2. The molecule has 0 aliphatic carbocycles. The van der Waals surface area contributed by atoms with E-state index in [0.29, 0.717) is 13.0 Å². The molecule has 2 atom stereocenters. The smallest absolute Gasteiger partial charge is 0.457 e. The Morgan fingerprint density at radius 2 is 0.962 bits per heavy atom. The van der Waals surface area contributed by atoms with Gasteiger partial charge in [0.05, 0.1) is 19.8 Å². The van der Waals surface area contributed by atoms with E-state index < -0.39 is 13.9 Å². The zero-order valence-electron chi connectivity index (χ0n) is 34.3. The maximum absolute atomic E-state index is 12.6. The average Bonchev–Trinajstić information content (AvgIpc) is 3.13. The number of ether oxygens (including phenoxy) is 2. The van der Waals surface area contributed by atoms with Gasteiger partial charge in [-0.1, -0.05) is 187 Å². The van der Waals surface area contributed by atoms with Crippen molar-refractivity contribution in [3.8, 4) is 0 Å². The van der Waals surface area contributed by atoms with Gasteiger partial charge < -0.3 is 20.1 Å². The number of phosphoric ester groups is 1. The van der Waals surface area contributed by atoms with E-state index in [9.17, 15) is 14.3 Å². The second kappa shape index (κ2) is 41.4. The first-order valence-corrected chi connectivity index (χ1v) is 23.7. The van der Waals surface area contributed by atoms with Crippen LogP contribution in [-0.2, 0) is 27.9 Å². The van der Waals surface area contributed by atoms with Crippen molar-refractivity contribution in [3.05, 3.63) is 12.2 Å². The van der Waals surface area contributed by atoms with Gasteiger partial charge in [-0.2, -0.15) is 0 Å². The number of unbranched alkanes of at least 4 members (excludes halogenated alkanes) is 28. The molecular formula is C43H86NO7P. The third kappa shape index (κ3) is 40.4. The summed E-state index contributed by atoms with van der Waals surface area (Å²) in [6.07, 6.45) is 43.7. The highest BCUT2D eigenvalue weighted by Crippen LogP contribution is 2.43. The Labute approximate surface area is 322 Å².